The van der Waals surface area contributed by atoms with Gasteiger partial charge in [-0.15, -0.1) is 0 Å². The molecule has 0 fully saturated rings. The summed E-state index contributed by atoms with van der Waals surface area (Å²) < 4.78 is 18.4. The molecular weight excluding hydrogens is 468 g/mol. The van der Waals surface area contributed by atoms with Crippen LogP contribution in [-0.2, 0) is 22.5 Å². The molecule has 4 aromatic rings. The van der Waals surface area contributed by atoms with Gasteiger partial charge >= 0.3 is 5.97 Å². The van der Waals surface area contributed by atoms with Gasteiger partial charge < -0.3 is 24.1 Å². The van der Waals surface area contributed by atoms with Gasteiger partial charge in [-0.25, -0.2) is 4.79 Å². The molecule has 1 N–H and O–H groups in total. The van der Waals surface area contributed by atoms with Gasteiger partial charge in [0.05, 0.1) is 19.3 Å². The van der Waals surface area contributed by atoms with E-state index in [1.807, 2.05) is 61.5 Å². The molecule has 0 aliphatic carbocycles. The number of ether oxygens (including phenoxy) is 3. The quantitative estimate of drug-likeness (QED) is 0.296. The van der Waals surface area contributed by atoms with Crippen LogP contribution in [0.15, 0.2) is 72.8 Å². The number of aromatic nitrogens is 1. The standard InChI is InChI=1S/C30H32N2O5/c1-4-36-30(34)29-21(2)32(19-23-8-6-5-7-9-23)27-15-14-25(18-26(27)29)37-20-28(33)31-17-16-22-10-12-24(35-3)13-11-22/h5-15,18H,4,16-17,19-20H2,1-3H3,(H,31,33). The Labute approximate surface area is 217 Å². The van der Waals surface area contributed by atoms with E-state index in [0.717, 1.165) is 33.5 Å². The van der Waals surface area contributed by atoms with Gasteiger partial charge in [0.25, 0.3) is 5.91 Å². The van der Waals surface area contributed by atoms with E-state index in [0.29, 0.717) is 30.8 Å². The van der Waals surface area contributed by atoms with Crippen molar-refractivity contribution in [2.75, 3.05) is 26.9 Å². The average molecular weight is 501 g/mol. The molecule has 0 radical (unpaired) electrons. The van der Waals surface area contributed by atoms with Gasteiger partial charge in [0.15, 0.2) is 6.61 Å². The van der Waals surface area contributed by atoms with Crippen LogP contribution in [0, 0.1) is 6.92 Å². The lowest BCUT2D eigenvalue weighted by Crippen LogP contribution is -2.30. The van der Waals surface area contributed by atoms with E-state index >= 15 is 0 Å². The number of carbonyl (C=O) groups excluding carboxylic acids is 2. The smallest absolute Gasteiger partial charge is 0.340 e. The second kappa shape index (κ2) is 12.1. The SMILES string of the molecule is CCOC(=O)c1c(C)n(Cc2ccccc2)c2ccc(OCC(=O)NCCc3ccc(OC)cc3)cc12. The van der Waals surface area contributed by atoms with Gasteiger partial charge in [0.2, 0.25) is 0 Å². The molecule has 7 heteroatoms. The average Bonchev–Trinajstić information content (AvgIpc) is 3.19. The molecule has 0 saturated carbocycles. The third kappa shape index (κ3) is 6.30. The molecule has 7 nitrogen and oxygen atoms in total. The number of fused-ring (bicyclic) bond motifs is 1. The lowest BCUT2D eigenvalue weighted by molar-refractivity contribution is -0.123. The van der Waals surface area contributed by atoms with Crippen LogP contribution in [0.25, 0.3) is 10.9 Å². The number of hydrogen-bond acceptors (Lipinski definition) is 5. The summed E-state index contributed by atoms with van der Waals surface area (Å²) in [5.41, 5.74) is 4.48. The first-order valence-electron chi connectivity index (χ1n) is 12.4. The van der Waals surface area contributed by atoms with Crippen LogP contribution in [0.1, 0.15) is 34.1 Å². The van der Waals surface area contributed by atoms with Gasteiger partial charge in [0.1, 0.15) is 11.5 Å². The second-order valence-corrected chi connectivity index (χ2v) is 8.67. The van der Waals surface area contributed by atoms with Gasteiger partial charge in [-0.2, -0.15) is 0 Å². The van der Waals surface area contributed by atoms with Crippen molar-refractivity contribution in [3.8, 4) is 11.5 Å². The first kappa shape index (κ1) is 25.8. The third-order valence-electron chi connectivity index (χ3n) is 6.22. The summed E-state index contributed by atoms with van der Waals surface area (Å²) in [5, 5.41) is 3.62. The molecule has 1 amide bonds. The summed E-state index contributed by atoms with van der Waals surface area (Å²) in [6.07, 6.45) is 0.707. The third-order valence-corrected chi connectivity index (χ3v) is 6.22. The van der Waals surface area contributed by atoms with Gasteiger partial charge in [-0.1, -0.05) is 42.5 Å². The first-order valence-corrected chi connectivity index (χ1v) is 12.4. The van der Waals surface area contributed by atoms with Crippen LogP contribution in [-0.4, -0.2) is 43.3 Å². The molecular formula is C30H32N2O5. The Hall–Kier alpha value is -4.26. The minimum Gasteiger partial charge on any atom is -0.497 e. The molecule has 0 aliphatic rings. The molecule has 0 saturated heterocycles. The molecule has 0 spiro atoms. The summed E-state index contributed by atoms with van der Waals surface area (Å²) >= 11 is 0. The second-order valence-electron chi connectivity index (χ2n) is 8.67. The summed E-state index contributed by atoms with van der Waals surface area (Å²) in [6.45, 7) is 5.01. The molecule has 4 rings (SSSR count). The zero-order valence-corrected chi connectivity index (χ0v) is 21.5. The number of nitrogens with one attached hydrogen (secondary N) is 1. The molecule has 37 heavy (non-hydrogen) atoms. The lowest BCUT2D eigenvalue weighted by Gasteiger charge is -2.10. The van der Waals surface area contributed by atoms with Gasteiger partial charge in [-0.3, -0.25) is 4.79 Å². The van der Waals surface area contributed by atoms with Crippen LogP contribution in [0.4, 0.5) is 0 Å². The normalized spacial score (nSPS) is 10.8. The number of benzene rings is 3. The van der Waals surface area contributed by atoms with Crippen LogP contribution in [0.2, 0.25) is 0 Å². The first-order chi connectivity index (χ1) is 18.0. The van der Waals surface area contributed by atoms with E-state index in [9.17, 15) is 9.59 Å². The minimum absolute atomic E-state index is 0.118. The maximum absolute atomic E-state index is 12.8. The van der Waals surface area contributed by atoms with Crippen molar-refractivity contribution in [2.24, 2.45) is 0 Å². The number of methoxy groups -OCH3 is 1. The Bertz CT molecular complexity index is 1360. The highest BCUT2D eigenvalue weighted by molar-refractivity contribution is 6.06. The van der Waals surface area contributed by atoms with E-state index in [4.69, 9.17) is 14.2 Å². The van der Waals surface area contributed by atoms with Crippen LogP contribution in [0.3, 0.4) is 0 Å². The molecule has 0 atom stereocenters. The number of rotatable bonds is 11. The minimum atomic E-state index is -0.370. The summed E-state index contributed by atoms with van der Waals surface area (Å²) in [7, 11) is 1.63. The highest BCUT2D eigenvalue weighted by Gasteiger charge is 2.22. The van der Waals surface area contributed by atoms with E-state index in [2.05, 4.69) is 22.0 Å². The van der Waals surface area contributed by atoms with Crippen molar-refractivity contribution in [2.45, 2.75) is 26.8 Å². The Kier molecular flexibility index (Phi) is 8.46. The van der Waals surface area contributed by atoms with Crippen LogP contribution in [0.5, 0.6) is 11.5 Å². The monoisotopic (exact) mass is 500 g/mol. The molecule has 3 aromatic carbocycles. The van der Waals surface area contributed by atoms with Crippen molar-refractivity contribution in [1.82, 2.24) is 9.88 Å². The molecule has 1 aromatic heterocycles. The largest absolute Gasteiger partial charge is 0.497 e. The van der Waals surface area contributed by atoms with Gasteiger partial charge in [0, 0.05) is 29.7 Å². The Morgan fingerprint density at radius 2 is 1.65 bits per heavy atom. The highest BCUT2D eigenvalue weighted by atomic mass is 16.5. The predicted molar refractivity (Wildman–Crippen MR) is 143 cm³/mol. The molecule has 1 heterocycles. The summed E-state index contributed by atoms with van der Waals surface area (Å²) in [4.78, 5) is 25.2. The van der Waals surface area contributed by atoms with E-state index < -0.39 is 0 Å². The molecule has 0 bridgehead atoms. The molecule has 0 aliphatic heterocycles. The molecule has 0 unspecified atom stereocenters. The fourth-order valence-corrected chi connectivity index (χ4v) is 4.32. The lowest BCUT2D eigenvalue weighted by atomic mass is 10.1. The number of carbonyl (C=O) groups is 2. The maximum atomic E-state index is 12.8. The predicted octanol–water partition coefficient (Wildman–Crippen LogP) is 4.92. The Morgan fingerprint density at radius 3 is 2.35 bits per heavy atom. The zero-order valence-electron chi connectivity index (χ0n) is 21.5. The Morgan fingerprint density at radius 1 is 0.919 bits per heavy atom. The van der Waals surface area contributed by atoms with E-state index in [-0.39, 0.29) is 25.1 Å². The van der Waals surface area contributed by atoms with Crippen LogP contribution >= 0.6 is 0 Å². The summed E-state index contributed by atoms with van der Waals surface area (Å²) in [5.74, 6) is 0.734. The maximum Gasteiger partial charge on any atom is 0.340 e. The number of nitrogens with zero attached hydrogens (tertiary/aromatic N) is 1. The fraction of sp³-hybridized carbons (Fsp3) is 0.267. The zero-order chi connectivity index (χ0) is 26.2. The van der Waals surface area contributed by atoms with Crippen molar-refractivity contribution in [3.05, 3.63) is 95.2 Å². The topological polar surface area (TPSA) is 78.8 Å². The van der Waals surface area contributed by atoms with Crippen molar-refractivity contribution >= 4 is 22.8 Å². The van der Waals surface area contributed by atoms with E-state index in [1.165, 1.54) is 0 Å². The van der Waals surface area contributed by atoms with Crippen molar-refractivity contribution in [1.29, 1.82) is 0 Å². The Balaban J connectivity index is 1.45. The number of esters is 1. The van der Waals surface area contributed by atoms with E-state index in [1.54, 1.807) is 20.1 Å². The highest BCUT2D eigenvalue weighted by Crippen LogP contribution is 2.31. The van der Waals surface area contributed by atoms with Crippen molar-refractivity contribution < 1.29 is 23.8 Å². The number of hydrogen-bond donors (Lipinski definition) is 1. The fourth-order valence-electron chi connectivity index (χ4n) is 4.32. The van der Waals surface area contributed by atoms with Crippen molar-refractivity contribution in [3.63, 3.8) is 0 Å². The van der Waals surface area contributed by atoms with Crippen LogP contribution < -0.4 is 14.8 Å². The number of amides is 1. The molecule has 192 valence electrons. The summed E-state index contributed by atoms with van der Waals surface area (Å²) in [6, 6.07) is 23.4. The van der Waals surface area contributed by atoms with Gasteiger partial charge in [-0.05, 0) is 61.7 Å².